The van der Waals surface area contributed by atoms with Crippen LogP contribution in [0, 0.1) is 0 Å². The molecule has 0 fully saturated rings. The fraction of sp³-hybridized carbons (Fsp3) is 0.259. The van der Waals surface area contributed by atoms with Crippen LogP contribution in [0.4, 0.5) is 0 Å². The highest BCUT2D eigenvalue weighted by Gasteiger charge is 2.33. The maximum Gasteiger partial charge on any atom is 0.524 e. The van der Waals surface area contributed by atoms with Crippen molar-refractivity contribution in [1.29, 1.82) is 0 Å². The Bertz CT molecular complexity index is 2820. The summed E-state index contributed by atoms with van der Waals surface area (Å²) in [5, 5.41) is 26.0. The Hall–Kier alpha value is -7.69. The summed E-state index contributed by atoms with van der Waals surface area (Å²) in [6, 6.07) is 39.2. The molecule has 10 N–H and O–H groups in total. The van der Waals surface area contributed by atoms with Crippen molar-refractivity contribution < 1.29 is 52.7 Å². The van der Waals surface area contributed by atoms with Gasteiger partial charge in [-0.15, -0.1) is 0 Å². The van der Waals surface area contributed by atoms with Gasteiger partial charge in [0.2, 0.25) is 29.5 Å². The van der Waals surface area contributed by atoms with Gasteiger partial charge < -0.3 is 41.9 Å². The summed E-state index contributed by atoms with van der Waals surface area (Å²) in [5.74, 6) is -4.89. The molecule has 0 saturated heterocycles. The number of hydrogen-bond acceptors (Lipinski definition) is 9. The molecule has 0 aromatic heterocycles. The number of carboxylic acids is 1. The van der Waals surface area contributed by atoms with Crippen molar-refractivity contribution in [1.82, 2.24) is 26.6 Å². The molecular weight excluding hydrogens is 940 g/mol. The molecule has 6 aromatic rings. The Balaban J connectivity index is 1.22. The number of nitrogens with one attached hydrogen (secondary N) is 5. The van der Waals surface area contributed by atoms with E-state index >= 15 is 0 Å². The number of hydrogen-bond donors (Lipinski definition) is 9. The highest BCUT2D eigenvalue weighted by atomic mass is 31.2. The lowest BCUT2D eigenvalue weighted by molar-refractivity contribution is -0.142. The number of unbranched alkanes of at least 4 members (excludes halogenated alkanes) is 1. The second-order valence-electron chi connectivity index (χ2n) is 17.3. The van der Waals surface area contributed by atoms with Gasteiger partial charge in [-0.2, -0.15) is 0 Å². The molecule has 376 valence electrons. The predicted octanol–water partition coefficient (Wildman–Crippen LogP) is 4.46. The second kappa shape index (κ2) is 26.5. The first kappa shape index (κ1) is 53.7. The monoisotopic (exact) mass is 998 g/mol. The number of carbonyl (C=O) groups is 6. The van der Waals surface area contributed by atoms with Crippen LogP contribution in [0.25, 0.3) is 10.8 Å². The Kier molecular flexibility index (Phi) is 19.7. The van der Waals surface area contributed by atoms with E-state index in [9.17, 15) is 38.4 Å². The van der Waals surface area contributed by atoms with Crippen LogP contribution in [0.1, 0.15) is 47.1 Å². The smallest absolute Gasteiger partial charge is 0.480 e. The number of phosphoric acid groups is 1. The van der Waals surface area contributed by atoms with Gasteiger partial charge in [0.05, 0.1) is 6.42 Å². The van der Waals surface area contributed by atoms with Gasteiger partial charge in [0.15, 0.2) is 0 Å². The number of rotatable bonds is 26. The third-order valence-corrected chi connectivity index (χ3v) is 12.2. The minimum atomic E-state index is -4.84. The van der Waals surface area contributed by atoms with Crippen molar-refractivity contribution in [2.45, 2.75) is 81.6 Å². The summed E-state index contributed by atoms with van der Waals surface area (Å²) in [5.41, 5.74) is 9.01. The number of fused-ring (bicyclic) bond motifs is 1. The lowest BCUT2D eigenvalue weighted by atomic mass is 10.00. The molecule has 0 aliphatic heterocycles. The molecule has 6 aromatic carbocycles. The van der Waals surface area contributed by atoms with Crippen molar-refractivity contribution in [2.75, 3.05) is 6.54 Å². The Morgan fingerprint density at radius 2 is 0.875 bits per heavy atom. The molecule has 72 heavy (non-hydrogen) atoms. The lowest BCUT2D eigenvalue weighted by Gasteiger charge is -2.27. The standard InChI is InChI=1S/C54H59N6O11P/c55-29-13-12-22-44(50(62)60-48(54(66)67)34-39-24-27-43(28-25-39)71-72(68,69)70)57-52(64)46(32-37-16-6-2-7-17-37)59-53(65)47(33-38-18-8-3-9-19-38)58-51(63)45(31-36-14-4-1-5-15-36)56-49(61)35-40-23-26-41-20-10-11-21-42(41)30-40/h1-11,14-21,23-28,30,44-48H,12-13,22,29,31-35,55H2,(H,56,61)(H,57,64)(H,58,63)(H,59,65)(H,60,62)(H,66,67)(H2,68,69,70)/t44-,45-,46-,47-,48-/m0/s1. The minimum Gasteiger partial charge on any atom is -0.480 e. The summed E-state index contributed by atoms with van der Waals surface area (Å²) >= 11 is 0. The number of amides is 5. The maximum atomic E-state index is 14.7. The van der Waals surface area contributed by atoms with Crippen LogP contribution in [0.2, 0.25) is 0 Å². The quantitative estimate of drug-likeness (QED) is 0.0269. The van der Waals surface area contributed by atoms with Crippen molar-refractivity contribution in [3.05, 3.63) is 186 Å². The third kappa shape index (κ3) is 17.3. The number of benzene rings is 6. The van der Waals surface area contributed by atoms with Crippen LogP contribution >= 0.6 is 7.82 Å². The number of phosphoric ester groups is 1. The van der Waals surface area contributed by atoms with Crippen molar-refractivity contribution >= 4 is 54.1 Å². The molecule has 0 aliphatic rings. The first-order valence-electron chi connectivity index (χ1n) is 23.5. The molecule has 6 rings (SSSR count). The first-order valence-corrected chi connectivity index (χ1v) is 25.0. The first-order chi connectivity index (χ1) is 34.6. The van der Waals surface area contributed by atoms with Crippen molar-refractivity contribution in [2.24, 2.45) is 5.73 Å². The molecule has 0 spiro atoms. The molecular formula is C54H59N6O11P. The Labute approximate surface area is 417 Å². The average molecular weight is 999 g/mol. The maximum absolute atomic E-state index is 14.7. The normalized spacial score (nSPS) is 13.3. The molecule has 0 unspecified atom stereocenters. The highest BCUT2D eigenvalue weighted by Crippen LogP contribution is 2.37. The Morgan fingerprint density at radius 3 is 1.36 bits per heavy atom. The van der Waals surface area contributed by atoms with E-state index in [0.717, 1.165) is 21.9 Å². The molecule has 18 heteroatoms. The SMILES string of the molecule is NCCCC[C@H](NC(=O)[C@H](Cc1ccccc1)NC(=O)[C@H](Cc1ccccc1)NC(=O)[C@H](Cc1ccccc1)NC(=O)Cc1ccc2ccccc2c1)C(=O)N[C@@H](Cc1ccc(OP(=O)(O)O)cc1)C(=O)O. The summed E-state index contributed by atoms with van der Waals surface area (Å²) in [7, 11) is -4.84. The van der Waals surface area contributed by atoms with Gasteiger partial charge in [-0.1, -0.05) is 146 Å². The highest BCUT2D eigenvalue weighted by molar-refractivity contribution is 7.46. The zero-order chi connectivity index (χ0) is 51.5. The van der Waals surface area contributed by atoms with Gasteiger partial charge in [-0.3, -0.25) is 33.8 Å². The number of nitrogens with two attached hydrogens (primary N) is 1. The largest absolute Gasteiger partial charge is 0.524 e. The number of carboxylic acid groups (broad SMARTS) is 1. The third-order valence-electron chi connectivity index (χ3n) is 11.7. The van der Waals surface area contributed by atoms with Crippen LogP contribution in [0.5, 0.6) is 5.75 Å². The van der Waals surface area contributed by atoms with Gasteiger partial charge >= 0.3 is 13.8 Å². The van der Waals surface area contributed by atoms with Gasteiger partial charge in [-0.05, 0) is 76.5 Å². The van der Waals surface area contributed by atoms with E-state index in [1.807, 2.05) is 78.9 Å². The van der Waals surface area contributed by atoms with Crippen LogP contribution in [0.3, 0.4) is 0 Å². The van der Waals surface area contributed by atoms with Crippen LogP contribution in [-0.2, 0) is 65.4 Å². The molecule has 0 radical (unpaired) electrons. The topological polar surface area (TPSA) is 276 Å². The molecule has 5 atom stereocenters. The molecule has 0 aliphatic carbocycles. The summed E-state index contributed by atoms with van der Waals surface area (Å²) in [4.78, 5) is 102. The zero-order valence-electron chi connectivity index (χ0n) is 39.4. The van der Waals surface area contributed by atoms with Gasteiger partial charge in [-0.25, -0.2) is 9.36 Å². The minimum absolute atomic E-state index is 0.00129. The number of aliphatic carboxylic acids is 1. The zero-order valence-corrected chi connectivity index (χ0v) is 40.3. The van der Waals surface area contributed by atoms with E-state index in [2.05, 4.69) is 31.1 Å². The van der Waals surface area contributed by atoms with E-state index < -0.39 is 73.5 Å². The van der Waals surface area contributed by atoms with E-state index in [1.54, 1.807) is 54.6 Å². The second-order valence-corrected chi connectivity index (χ2v) is 18.5. The van der Waals surface area contributed by atoms with E-state index in [4.69, 9.17) is 15.5 Å². The van der Waals surface area contributed by atoms with Crippen LogP contribution in [-0.4, -0.2) is 87.2 Å². The summed E-state index contributed by atoms with van der Waals surface area (Å²) in [6.45, 7) is 0.281. The van der Waals surface area contributed by atoms with Crippen LogP contribution in [0.15, 0.2) is 158 Å². The molecule has 0 bridgehead atoms. The fourth-order valence-corrected chi connectivity index (χ4v) is 8.46. The van der Waals surface area contributed by atoms with Crippen molar-refractivity contribution in [3.63, 3.8) is 0 Å². The lowest BCUT2D eigenvalue weighted by Crippen LogP contribution is -2.60. The van der Waals surface area contributed by atoms with Gasteiger partial charge in [0.25, 0.3) is 0 Å². The van der Waals surface area contributed by atoms with E-state index in [1.165, 1.54) is 24.3 Å². The van der Waals surface area contributed by atoms with Crippen molar-refractivity contribution in [3.8, 4) is 5.75 Å². The molecule has 5 amide bonds. The average Bonchev–Trinajstić information content (AvgIpc) is 3.36. The van der Waals surface area contributed by atoms with Gasteiger partial charge in [0, 0.05) is 25.7 Å². The Morgan fingerprint density at radius 1 is 0.472 bits per heavy atom. The molecule has 17 nitrogen and oxygen atoms in total. The molecule has 0 heterocycles. The van der Waals surface area contributed by atoms with Crippen LogP contribution < -0.4 is 36.8 Å². The fourth-order valence-electron chi connectivity index (χ4n) is 8.07. The van der Waals surface area contributed by atoms with Gasteiger partial charge in [0.1, 0.15) is 36.0 Å². The molecule has 0 saturated carbocycles. The van der Waals surface area contributed by atoms with E-state index in [-0.39, 0.29) is 50.8 Å². The predicted molar refractivity (Wildman–Crippen MR) is 271 cm³/mol. The summed E-state index contributed by atoms with van der Waals surface area (Å²) in [6.07, 6.45) is 0.730. The summed E-state index contributed by atoms with van der Waals surface area (Å²) < 4.78 is 15.8. The number of carbonyl (C=O) groups excluding carboxylic acids is 5. The van der Waals surface area contributed by atoms with E-state index in [0.29, 0.717) is 29.5 Å².